The molecule has 3 aromatic rings. The lowest BCUT2D eigenvalue weighted by molar-refractivity contribution is 0.0928. The monoisotopic (exact) mass is 393 g/mol. The minimum Gasteiger partial charge on any atom is -0.339 e. The van der Waals surface area contributed by atoms with Crippen LogP contribution in [0.2, 0.25) is 0 Å². The van der Waals surface area contributed by atoms with E-state index >= 15 is 0 Å². The summed E-state index contributed by atoms with van der Waals surface area (Å²) in [4.78, 5) is 20.9. The third kappa shape index (κ3) is 5.10. The lowest BCUT2D eigenvalue weighted by atomic mass is 10.1. The molecule has 0 aliphatic heterocycles. The van der Waals surface area contributed by atoms with Gasteiger partial charge in [-0.05, 0) is 19.0 Å². The SMILES string of the molecule is CC(NC(=O)c1csc(CCN)n1)c1nc(Cc2ccccc2)no1.Cl. The van der Waals surface area contributed by atoms with Crippen LogP contribution in [-0.2, 0) is 12.8 Å². The van der Waals surface area contributed by atoms with Gasteiger partial charge in [-0.1, -0.05) is 35.5 Å². The summed E-state index contributed by atoms with van der Waals surface area (Å²) in [6.45, 7) is 2.31. The molecule has 1 amide bonds. The standard InChI is InChI=1S/C17H19N5O2S.ClH/c1-11(19-16(23)13-10-25-15(20-13)7-8-18)17-21-14(22-24-17)9-12-5-3-2-4-6-12;/h2-6,10-11H,7-9,18H2,1H3,(H,19,23);1H. The molecule has 0 saturated carbocycles. The van der Waals surface area contributed by atoms with Crippen LogP contribution in [0.5, 0.6) is 0 Å². The fraction of sp³-hybridized carbons (Fsp3) is 0.294. The maximum Gasteiger partial charge on any atom is 0.271 e. The van der Waals surface area contributed by atoms with Gasteiger partial charge in [0.05, 0.1) is 5.01 Å². The molecule has 0 radical (unpaired) electrons. The van der Waals surface area contributed by atoms with Gasteiger partial charge in [-0.3, -0.25) is 4.79 Å². The zero-order chi connectivity index (χ0) is 17.6. The molecule has 0 spiro atoms. The summed E-state index contributed by atoms with van der Waals surface area (Å²) in [5.41, 5.74) is 6.98. The number of thiazole rings is 1. The first-order valence-corrected chi connectivity index (χ1v) is 8.85. The molecule has 0 aliphatic rings. The molecule has 0 fully saturated rings. The summed E-state index contributed by atoms with van der Waals surface area (Å²) in [6, 6.07) is 9.49. The molecule has 138 valence electrons. The number of amides is 1. The number of hydrogen-bond acceptors (Lipinski definition) is 7. The molecule has 1 aromatic carbocycles. The Balaban J connectivity index is 0.00000243. The highest BCUT2D eigenvalue weighted by Crippen LogP contribution is 2.15. The number of rotatable bonds is 7. The molecule has 9 heteroatoms. The van der Waals surface area contributed by atoms with E-state index in [1.807, 2.05) is 30.3 Å². The van der Waals surface area contributed by atoms with Crippen LogP contribution in [0.3, 0.4) is 0 Å². The summed E-state index contributed by atoms with van der Waals surface area (Å²) < 4.78 is 5.27. The van der Waals surface area contributed by atoms with Crippen LogP contribution in [0.25, 0.3) is 0 Å². The fourth-order valence-corrected chi connectivity index (χ4v) is 3.07. The summed E-state index contributed by atoms with van der Waals surface area (Å²) in [7, 11) is 0. The first kappa shape index (κ1) is 20.0. The van der Waals surface area contributed by atoms with Gasteiger partial charge in [-0.25, -0.2) is 4.98 Å². The van der Waals surface area contributed by atoms with Crippen LogP contribution in [0.4, 0.5) is 0 Å². The van der Waals surface area contributed by atoms with Crippen LogP contribution < -0.4 is 11.1 Å². The van der Waals surface area contributed by atoms with Crippen molar-refractivity contribution >= 4 is 29.7 Å². The number of benzene rings is 1. The van der Waals surface area contributed by atoms with Gasteiger partial charge in [0.1, 0.15) is 11.7 Å². The average molecular weight is 394 g/mol. The highest BCUT2D eigenvalue weighted by Gasteiger charge is 2.19. The lowest BCUT2D eigenvalue weighted by Crippen LogP contribution is -2.27. The summed E-state index contributed by atoms with van der Waals surface area (Å²) in [6.07, 6.45) is 1.25. The Kier molecular flexibility index (Phi) is 7.26. The summed E-state index contributed by atoms with van der Waals surface area (Å²) >= 11 is 1.43. The highest BCUT2D eigenvalue weighted by atomic mass is 35.5. The number of hydrogen-bond donors (Lipinski definition) is 2. The molecule has 1 atom stereocenters. The predicted molar refractivity (Wildman–Crippen MR) is 102 cm³/mol. The van der Waals surface area contributed by atoms with E-state index in [0.717, 1.165) is 10.6 Å². The maximum absolute atomic E-state index is 12.3. The molecule has 3 rings (SSSR count). The summed E-state index contributed by atoms with van der Waals surface area (Å²) in [5, 5.41) is 9.37. The Morgan fingerprint density at radius 1 is 1.31 bits per heavy atom. The second kappa shape index (κ2) is 9.42. The largest absolute Gasteiger partial charge is 0.339 e. The zero-order valence-corrected chi connectivity index (χ0v) is 15.8. The third-order valence-corrected chi connectivity index (χ3v) is 4.46. The highest BCUT2D eigenvalue weighted by molar-refractivity contribution is 7.09. The van der Waals surface area contributed by atoms with Crippen molar-refractivity contribution in [2.45, 2.75) is 25.8 Å². The normalized spacial score (nSPS) is 11.6. The molecule has 7 nitrogen and oxygen atoms in total. The maximum atomic E-state index is 12.3. The number of nitrogens with one attached hydrogen (secondary N) is 1. The first-order valence-electron chi connectivity index (χ1n) is 7.97. The number of aromatic nitrogens is 3. The van der Waals surface area contributed by atoms with Crippen molar-refractivity contribution in [3.05, 3.63) is 63.7 Å². The van der Waals surface area contributed by atoms with E-state index in [1.54, 1.807) is 12.3 Å². The van der Waals surface area contributed by atoms with Crippen molar-refractivity contribution in [1.82, 2.24) is 20.4 Å². The molecule has 0 saturated heterocycles. The minimum atomic E-state index is -0.399. The fourth-order valence-electron chi connectivity index (χ4n) is 2.28. The Bertz CT molecular complexity index is 837. The van der Waals surface area contributed by atoms with E-state index < -0.39 is 6.04 Å². The number of nitrogens with two attached hydrogens (primary N) is 1. The minimum absolute atomic E-state index is 0. The second-order valence-electron chi connectivity index (χ2n) is 5.57. The Hall–Kier alpha value is -2.29. The van der Waals surface area contributed by atoms with Crippen molar-refractivity contribution in [2.75, 3.05) is 6.54 Å². The van der Waals surface area contributed by atoms with Gasteiger partial charge in [0.15, 0.2) is 5.82 Å². The first-order chi connectivity index (χ1) is 12.2. The smallest absolute Gasteiger partial charge is 0.271 e. The van der Waals surface area contributed by atoms with Gasteiger partial charge in [-0.2, -0.15) is 4.98 Å². The Labute approximate surface area is 161 Å². The summed E-state index contributed by atoms with van der Waals surface area (Å²) in [5.74, 6) is 0.688. The van der Waals surface area contributed by atoms with Crippen molar-refractivity contribution in [3.8, 4) is 0 Å². The molecule has 2 aromatic heterocycles. The van der Waals surface area contributed by atoms with E-state index in [-0.39, 0.29) is 18.3 Å². The van der Waals surface area contributed by atoms with Crippen LogP contribution in [0, 0.1) is 0 Å². The topological polar surface area (TPSA) is 107 Å². The average Bonchev–Trinajstić information content (AvgIpc) is 3.26. The molecule has 1 unspecified atom stereocenters. The zero-order valence-electron chi connectivity index (χ0n) is 14.2. The lowest BCUT2D eigenvalue weighted by Gasteiger charge is -2.07. The number of carbonyl (C=O) groups is 1. The molecule has 26 heavy (non-hydrogen) atoms. The molecule has 3 N–H and O–H groups in total. The number of nitrogens with zero attached hydrogens (tertiary/aromatic N) is 3. The Morgan fingerprint density at radius 2 is 2.08 bits per heavy atom. The molecule has 2 heterocycles. The van der Waals surface area contributed by atoms with Crippen LogP contribution >= 0.6 is 23.7 Å². The van der Waals surface area contributed by atoms with E-state index in [9.17, 15) is 4.79 Å². The van der Waals surface area contributed by atoms with Gasteiger partial charge in [-0.15, -0.1) is 23.7 Å². The van der Waals surface area contributed by atoms with Crippen LogP contribution in [0.15, 0.2) is 40.2 Å². The van der Waals surface area contributed by atoms with Crippen molar-refractivity contribution in [2.24, 2.45) is 5.73 Å². The van der Waals surface area contributed by atoms with E-state index in [0.29, 0.717) is 36.8 Å². The second-order valence-corrected chi connectivity index (χ2v) is 6.51. The van der Waals surface area contributed by atoms with Crippen LogP contribution in [-0.4, -0.2) is 27.6 Å². The Morgan fingerprint density at radius 3 is 2.81 bits per heavy atom. The molecular weight excluding hydrogens is 374 g/mol. The van der Waals surface area contributed by atoms with Crippen molar-refractivity contribution in [1.29, 1.82) is 0 Å². The number of halogens is 1. The van der Waals surface area contributed by atoms with Gasteiger partial charge >= 0.3 is 0 Å². The van der Waals surface area contributed by atoms with E-state index in [2.05, 4.69) is 20.4 Å². The van der Waals surface area contributed by atoms with Crippen molar-refractivity contribution < 1.29 is 9.32 Å². The van der Waals surface area contributed by atoms with E-state index in [4.69, 9.17) is 10.3 Å². The van der Waals surface area contributed by atoms with Crippen LogP contribution in [0.1, 0.15) is 45.7 Å². The van der Waals surface area contributed by atoms with Gasteiger partial charge in [0, 0.05) is 18.2 Å². The van der Waals surface area contributed by atoms with E-state index in [1.165, 1.54) is 11.3 Å². The molecule has 0 aliphatic carbocycles. The van der Waals surface area contributed by atoms with Gasteiger partial charge in [0.25, 0.3) is 5.91 Å². The quantitative estimate of drug-likeness (QED) is 0.638. The van der Waals surface area contributed by atoms with Crippen molar-refractivity contribution in [3.63, 3.8) is 0 Å². The number of carbonyl (C=O) groups excluding carboxylic acids is 1. The molecule has 0 bridgehead atoms. The third-order valence-electron chi connectivity index (χ3n) is 3.55. The van der Waals surface area contributed by atoms with Gasteiger partial charge < -0.3 is 15.6 Å². The van der Waals surface area contributed by atoms with Gasteiger partial charge in [0.2, 0.25) is 5.89 Å². The molecular formula is C17H20ClN5O2S. The predicted octanol–water partition coefficient (Wildman–Crippen LogP) is 2.53.